The summed E-state index contributed by atoms with van der Waals surface area (Å²) in [5.41, 5.74) is 1.79. The fraction of sp³-hybridized carbons (Fsp3) is 0.0714. The Morgan fingerprint density at radius 1 is 1.17 bits per heavy atom. The van der Waals surface area contributed by atoms with Crippen LogP contribution >= 0.6 is 11.3 Å². The SMILES string of the molecule is c1cc(-c2noc(COc3ccc(-n4cnnn4)cc3)n2)cs1. The Hall–Kier alpha value is -3.07. The van der Waals surface area contributed by atoms with Gasteiger partial charge < -0.3 is 9.26 Å². The number of nitrogens with zero attached hydrogens (tertiary/aromatic N) is 6. The van der Waals surface area contributed by atoms with E-state index in [1.54, 1.807) is 16.0 Å². The average molecular weight is 326 g/mol. The first-order chi connectivity index (χ1) is 11.4. The molecule has 3 heterocycles. The summed E-state index contributed by atoms with van der Waals surface area (Å²) in [5.74, 6) is 1.69. The van der Waals surface area contributed by atoms with Crippen LogP contribution in [-0.4, -0.2) is 30.3 Å². The molecule has 8 nitrogen and oxygen atoms in total. The minimum Gasteiger partial charge on any atom is -0.484 e. The van der Waals surface area contributed by atoms with Gasteiger partial charge in [0.25, 0.3) is 5.89 Å². The van der Waals surface area contributed by atoms with Crippen molar-refractivity contribution in [1.29, 1.82) is 0 Å². The monoisotopic (exact) mass is 326 g/mol. The molecular formula is C14H10N6O2S. The van der Waals surface area contributed by atoms with Gasteiger partial charge in [0.1, 0.15) is 12.1 Å². The van der Waals surface area contributed by atoms with Gasteiger partial charge in [0, 0.05) is 10.9 Å². The molecule has 0 spiro atoms. The third-order valence-electron chi connectivity index (χ3n) is 3.06. The van der Waals surface area contributed by atoms with E-state index in [0.717, 1.165) is 11.3 Å². The number of rotatable bonds is 5. The summed E-state index contributed by atoms with van der Waals surface area (Å²) >= 11 is 1.59. The number of hydrogen-bond acceptors (Lipinski definition) is 8. The number of tetrazole rings is 1. The van der Waals surface area contributed by atoms with E-state index in [2.05, 4.69) is 25.7 Å². The molecule has 0 unspecified atom stereocenters. The zero-order valence-corrected chi connectivity index (χ0v) is 12.6. The van der Waals surface area contributed by atoms with E-state index in [0.29, 0.717) is 17.5 Å². The lowest BCUT2D eigenvalue weighted by Gasteiger charge is -2.04. The minimum atomic E-state index is 0.210. The predicted octanol–water partition coefficient (Wildman–Crippen LogP) is 2.35. The molecule has 3 aromatic heterocycles. The molecule has 0 N–H and O–H groups in total. The molecule has 0 atom stereocenters. The van der Waals surface area contributed by atoms with Crippen LogP contribution in [0.15, 0.2) is 51.9 Å². The number of aromatic nitrogens is 6. The van der Waals surface area contributed by atoms with E-state index in [9.17, 15) is 0 Å². The summed E-state index contributed by atoms with van der Waals surface area (Å²) < 4.78 is 12.4. The van der Waals surface area contributed by atoms with E-state index in [1.807, 2.05) is 41.1 Å². The molecule has 0 radical (unpaired) electrons. The van der Waals surface area contributed by atoms with Crippen molar-refractivity contribution in [2.45, 2.75) is 6.61 Å². The molecule has 0 saturated heterocycles. The first-order valence-electron chi connectivity index (χ1n) is 6.70. The summed E-state index contributed by atoms with van der Waals surface area (Å²) in [7, 11) is 0. The topological polar surface area (TPSA) is 91.8 Å². The normalized spacial score (nSPS) is 10.8. The second-order valence-corrected chi connectivity index (χ2v) is 5.34. The van der Waals surface area contributed by atoms with Crippen LogP contribution in [0.5, 0.6) is 5.75 Å². The molecule has 0 aliphatic rings. The zero-order valence-electron chi connectivity index (χ0n) is 11.7. The van der Waals surface area contributed by atoms with Gasteiger partial charge in [-0.3, -0.25) is 0 Å². The van der Waals surface area contributed by atoms with Crippen LogP contribution < -0.4 is 4.74 Å². The van der Waals surface area contributed by atoms with Crippen LogP contribution in [0.25, 0.3) is 17.1 Å². The first-order valence-corrected chi connectivity index (χ1v) is 7.64. The summed E-state index contributed by atoms with van der Waals surface area (Å²) in [4.78, 5) is 4.30. The smallest absolute Gasteiger partial charge is 0.264 e. The van der Waals surface area contributed by atoms with Crippen LogP contribution in [0.4, 0.5) is 0 Å². The standard InChI is InChI=1S/C14H10N6O2S/c1-3-12(4-2-11(1)20-9-15-18-19-20)21-7-13-16-14(17-22-13)10-5-6-23-8-10/h1-6,8-9H,7H2. The van der Waals surface area contributed by atoms with Gasteiger partial charge in [-0.25, -0.2) is 4.68 Å². The van der Waals surface area contributed by atoms with Gasteiger partial charge in [-0.15, -0.1) is 5.10 Å². The maximum absolute atomic E-state index is 5.64. The van der Waals surface area contributed by atoms with Crippen LogP contribution in [-0.2, 0) is 6.61 Å². The molecule has 4 aromatic rings. The number of thiophene rings is 1. The molecule has 0 aliphatic carbocycles. The first kappa shape index (κ1) is 13.6. The van der Waals surface area contributed by atoms with Crippen molar-refractivity contribution in [1.82, 2.24) is 30.3 Å². The van der Waals surface area contributed by atoms with Gasteiger partial charge in [0.15, 0.2) is 6.61 Å². The van der Waals surface area contributed by atoms with E-state index >= 15 is 0 Å². The highest BCUT2D eigenvalue weighted by Crippen LogP contribution is 2.20. The largest absolute Gasteiger partial charge is 0.484 e. The number of hydrogen-bond donors (Lipinski definition) is 0. The van der Waals surface area contributed by atoms with Gasteiger partial charge in [-0.1, -0.05) is 5.16 Å². The molecule has 0 amide bonds. The fourth-order valence-corrected chi connectivity index (χ4v) is 2.58. The Labute approximate surface area is 134 Å². The molecule has 4 rings (SSSR count). The maximum atomic E-state index is 5.64. The molecule has 0 saturated carbocycles. The third kappa shape index (κ3) is 2.94. The predicted molar refractivity (Wildman–Crippen MR) is 81.1 cm³/mol. The number of benzene rings is 1. The van der Waals surface area contributed by atoms with Gasteiger partial charge in [0.2, 0.25) is 5.82 Å². The summed E-state index contributed by atoms with van der Waals surface area (Å²) in [6.07, 6.45) is 1.53. The van der Waals surface area contributed by atoms with Crippen LogP contribution in [0.2, 0.25) is 0 Å². The lowest BCUT2D eigenvalue weighted by molar-refractivity contribution is 0.243. The summed E-state index contributed by atoms with van der Waals surface area (Å²) in [6, 6.07) is 9.31. The van der Waals surface area contributed by atoms with E-state index in [-0.39, 0.29) is 6.61 Å². The Bertz CT molecular complexity index is 871. The molecule has 0 fully saturated rings. The lowest BCUT2D eigenvalue weighted by Crippen LogP contribution is -1.97. The highest BCUT2D eigenvalue weighted by Gasteiger charge is 2.09. The summed E-state index contributed by atoms with van der Waals surface area (Å²) in [5, 5.41) is 18.9. The summed E-state index contributed by atoms with van der Waals surface area (Å²) in [6.45, 7) is 0.210. The highest BCUT2D eigenvalue weighted by molar-refractivity contribution is 7.08. The molecule has 1 aromatic carbocycles. The molecule has 114 valence electrons. The fourth-order valence-electron chi connectivity index (χ4n) is 1.94. The minimum absolute atomic E-state index is 0.210. The van der Waals surface area contributed by atoms with E-state index < -0.39 is 0 Å². The molecule has 23 heavy (non-hydrogen) atoms. The molecule has 0 bridgehead atoms. The number of ether oxygens (including phenoxy) is 1. The van der Waals surface area contributed by atoms with Crippen molar-refractivity contribution in [2.75, 3.05) is 0 Å². The third-order valence-corrected chi connectivity index (χ3v) is 3.74. The van der Waals surface area contributed by atoms with Crippen LogP contribution in [0, 0.1) is 0 Å². The molecular weight excluding hydrogens is 316 g/mol. The Morgan fingerprint density at radius 2 is 2.09 bits per heavy atom. The van der Waals surface area contributed by atoms with Crippen molar-refractivity contribution in [3.8, 4) is 22.8 Å². The van der Waals surface area contributed by atoms with Gasteiger partial charge in [-0.05, 0) is 46.1 Å². The Morgan fingerprint density at radius 3 is 2.83 bits per heavy atom. The lowest BCUT2D eigenvalue weighted by atomic mass is 10.3. The second-order valence-electron chi connectivity index (χ2n) is 4.56. The van der Waals surface area contributed by atoms with Crippen molar-refractivity contribution in [3.05, 3.63) is 53.3 Å². The van der Waals surface area contributed by atoms with Crippen LogP contribution in [0.3, 0.4) is 0 Å². The van der Waals surface area contributed by atoms with Crippen molar-refractivity contribution >= 4 is 11.3 Å². The van der Waals surface area contributed by atoms with Crippen molar-refractivity contribution < 1.29 is 9.26 Å². The van der Waals surface area contributed by atoms with Crippen LogP contribution in [0.1, 0.15) is 5.89 Å². The highest BCUT2D eigenvalue weighted by atomic mass is 32.1. The molecule has 0 aliphatic heterocycles. The van der Waals surface area contributed by atoms with Crippen molar-refractivity contribution in [2.24, 2.45) is 0 Å². The van der Waals surface area contributed by atoms with Gasteiger partial charge >= 0.3 is 0 Å². The Balaban J connectivity index is 1.41. The van der Waals surface area contributed by atoms with Gasteiger partial charge in [-0.2, -0.15) is 16.3 Å². The van der Waals surface area contributed by atoms with E-state index in [1.165, 1.54) is 6.33 Å². The van der Waals surface area contributed by atoms with E-state index in [4.69, 9.17) is 9.26 Å². The quantitative estimate of drug-likeness (QED) is 0.556. The van der Waals surface area contributed by atoms with Crippen molar-refractivity contribution in [3.63, 3.8) is 0 Å². The Kier molecular flexibility index (Phi) is 3.53. The molecule has 9 heteroatoms. The second kappa shape index (κ2) is 5.97. The zero-order chi connectivity index (χ0) is 15.5. The maximum Gasteiger partial charge on any atom is 0.264 e. The average Bonchev–Trinajstić information content (AvgIpc) is 3.35. The van der Waals surface area contributed by atoms with Gasteiger partial charge in [0.05, 0.1) is 5.69 Å².